The lowest BCUT2D eigenvalue weighted by atomic mass is 10.0. The van der Waals surface area contributed by atoms with Gasteiger partial charge in [0, 0.05) is 13.0 Å². The van der Waals surface area contributed by atoms with Crippen LogP contribution in [0.2, 0.25) is 0 Å². The molecule has 2 N–H and O–H groups in total. The van der Waals surface area contributed by atoms with Crippen molar-refractivity contribution in [2.45, 2.75) is 38.5 Å². The van der Waals surface area contributed by atoms with Gasteiger partial charge in [-0.05, 0) is 18.8 Å². The molecule has 1 amide bonds. The molecular formula is C11H15F6NO3. The molecule has 0 aliphatic carbocycles. The predicted molar refractivity (Wildman–Crippen MR) is 59.3 cm³/mol. The summed E-state index contributed by atoms with van der Waals surface area (Å²) in [5.41, 5.74) is 0. The molecule has 0 saturated heterocycles. The molecule has 0 saturated carbocycles. The largest absolute Gasteiger partial charge is 0.481 e. The van der Waals surface area contributed by atoms with Crippen LogP contribution in [0.1, 0.15) is 26.2 Å². The van der Waals surface area contributed by atoms with Gasteiger partial charge in [0.1, 0.15) is 0 Å². The van der Waals surface area contributed by atoms with Crippen LogP contribution < -0.4 is 5.32 Å². The fourth-order valence-electron chi connectivity index (χ4n) is 1.54. The number of halogens is 6. The number of hydrogen-bond donors (Lipinski definition) is 2. The summed E-state index contributed by atoms with van der Waals surface area (Å²) in [6.45, 7) is 1.20. The van der Waals surface area contributed by atoms with Gasteiger partial charge in [-0.2, -0.15) is 26.3 Å². The number of carbonyl (C=O) groups excluding carboxylic acids is 1. The molecule has 0 aromatic heterocycles. The van der Waals surface area contributed by atoms with E-state index in [2.05, 4.69) is 0 Å². The van der Waals surface area contributed by atoms with E-state index in [1.807, 2.05) is 0 Å². The van der Waals surface area contributed by atoms with Crippen molar-refractivity contribution in [1.82, 2.24) is 5.32 Å². The van der Waals surface area contributed by atoms with Gasteiger partial charge in [-0.3, -0.25) is 9.59 Å². The number of aliphatic carboxylic acids is 1. The Morgan fingerprint density at radius 3 is 1.90 bits per heavy atom. The Balaban J connectivity index is 4.38. The third-order valence-electron chi connectivity index (χ3n) is 2.70. The minimum absolute atomic E-state index is 0.0848. The fraction of sp³-hybridized carbons (Fsp3) is 0.818. The molecule has 0 heterocycles. The normalized spacial score (nSPS) is 14.1. The first-order chi connectivity index (χ1) is 9.35. The van der Waals surface area contributed by atoms with Gasteiger partial charge in [0.05, 0.1) is 0 Å². The van der Waals surface area contributed by atoms with Crippen LogP contribution in [0.25, 0.3) is 0 Å². The van der Waals surface area contributed by atoms with E-state index in [4.69, 9.17) is 5.11 Å². The molecule has 0 rings (SSSR count). The summed E-state index contributed by atoms with van der Waals surface area (Å²) < 4.78 is 73.3. The molecular weight excluding hydrogens is 308 g/mol. The zero-order valence-electron chi connectivity index (χ0n) is 11.0. The zero-order valence-corrected chi connectivity index (χ0v) is 11.0. The summed E-state index contributed by atoms with van der Waals surface area (Å²) in [5.74, 6) is -7.52. The van der Waals surface area contributed by atoms with Crippen LogP contribution in [-0.2, 0) is 9.59 Å². The predicted octanol–water partition coefficient (Wildman–Crippen LogP) is 2.73. The van der Waals surface area contributed by atoms with Crippen molar-refractivity contribution in [3.8, 4) is 0 Å². The summed E-state index contributed by atoms with van der Waals surface area (Å²) in [6, 6.07) is 0. The second kappa shape index (κ2) is 7.51. The molecule has 0 spiro atoms. The highest BCUT2D eigenvalue weighted by Gasteiger charge is 2.60. The van der Waals surface area contributed by atoms with Crippen molar-refractivity contribution in [1.29, 1.82) is 0 Å². The highest BCUT2D eigenvalue weighted by Crippen LogP contribution is 2.39. The molecule has 0 bridgehead atoms. The first kappa shape index (κ1) is 19.5. The monoisotopic (exact) mass is 323 g/mol. The number of nitrogens with one attached hydrogen (secondary N) is 1. The average Bonchev–Trinajstić information content (AvgIpc) is 2.21. The van der Waals surface area contributed by atoms with Gasteiger partial charge >= 0.3 is 18.3 Å². The van der Waals surface area contributed by atoms with Crippen LogP contribution in [0.15, 0.2) is 0 Å². The van der Waals surface area contributed by atoms with Crippen molar-refractivity contribution in [2.24, 2.45) is 11.8 Å². The summed E-state index contributed by atoms with van der Waals surface area (Å²) in [4.78, 5) is 21.3. The van der Waals surface area contributed by atoms with Gasteiger partial charge in [0.15, 0.2) is 0 Å². The third kappa shape index (κ3) is 7.76. The molecule has 10 heteroatoms. The van der Waals surface area contributed by atoms with Crippen molar-refractivity contribution < 1.29 is 41.0 Å². The van der Waals surface area contributed by atoms with Crippen LogP contribution in [0.3, 0.4) is 0 Å². The zero-order chi connectivity index (χ0) is 16.8. The molecule has 1 atom stereocenters. The van der Waals surface area contributed by atoms with Gasteiger partial charge in [-0.1, -0.05) is 6.92 Å². The van der Waals surface area contributed by atoms with E-state index in [0.29, 0.717) is 0 Å². The van der Waals surface area contributed by atoms with E-state index < -0.39 is 30.1 Å². The van der Waals surface area contributed by atoms with Crippen molar-refractivity contribution in [3.63, 3.8) is 0 Å². The second-order valence-corrected chi connectivity index (χ2v) is 4.63. The second-order valence-electron chi connectivity index (χ2n) is 4.63. The minimum Gasteiger partial charge on any atom is -0.481 e. The van der Waals surface area contributed by atoms with Crippen molar-refractivity contribution in [2.75, 3.05) is 6.54 Å². The van der Waals surface area contributed by atoms with E-state index in [1.165, 1.54) is 0 Å². The third-order valence-corrected chi connectivity index (χ3v) is 2.70. The Labute approximate surface area is 116 Å². The summed E-state index contributed by atoms with van der Waals surface area (Å²) in [7, 11) is 0. The number of rotatable bonds is 7. The lowest BCUT2D eigenvalue weighted by Gasteiger charge is -2.22. The first-order valence-corrected chi connectivity index (χ1v) is 5.98. The van der Waals surface area contributed by atoms with Crippen molar-refractivity contribution in [3.05, 3.63) is 0 Å². The highest BCUT2D eigenvalue weighted by molar-refractivity contribution is 5.80. The molecule has 0 aliphatic heterocycles. The lowest BCUT2D eigenvalue weighted by molar-refractivity contribution is -0.274. The molecule has 21 heavy (non-hydrogen) atoms. The van der Waals surface area contributed by atoms with Crippen LogP contribution in [0, 0.1) is 11.8 Å². The Bertz CT molecular complexity index is 352. The SMILES string of the molecule is CC(CCNC(=O)C(C(F)(F)F)C(F)(F)F)CCC(=O)O. The number of carboxylic acids is 1. The topological polar surface area (TPSA) is 66.4 Å². The first-order valence-electron chi connectivity index (χ1n) is 5.98. The lowest BCUT2D eigenvalue weighted by Crippen LogP contribution is -2.48. The Morgan fingerprint density at radius 1 is 1.05 bits per heavy atom. The van der Waals surface area contributed by atoms with Crippen molar-refractivity contribution >= 4 is 11.9 Å². The molecule has 0 radical (unpaired) electrons. The summed E-state index contributed by atoms with van der Waals surface area (Å²) >= 11 is 0. The molecule has 4 nitrogen and oxygen atoms in total. The number of carbonyl (C=O) groups is 2. The molecule has 0 aliphatic rings. The van der Waals surface area contributed by atoms with Gasteiger partial charge in [0.25, 0.3) is 0 Å². The summed E-state index contributed by atoms with van der Waals surface area (Å²) in [5, 5.41) is 10.00. The maximum atomic E-state index is 12.2. The van der Waals surface area contributed by atoms with E-state index in [0.717, 1.165) is 0 Å². The molecule has 1 unspecified atom stereocenters. The van der Waals surface area contributed by atoms with Crippen LogP contribution in [0.4, 0.5) is 26.3 Å². The quantitative estimate of drug-likeness (QED) is 0.708. The van der Waals surface area contributed by atoms with Crippen LogP contribution >= 0.6 is 0 Å². The highest BCUT2D eigenvalue weighted by atomic mass is 19.4. The standard InChI is InChI=1S/C11H15F6NO3/c1-6(2-3-7(19)20)4-5-18-9(21)8(10(12,13)14)11(15,16)17/h6,8H,2-5H2,1H3,(H,18,21)(H,19,20). The average molecular weight is 323 g/mol. The number of alkyl halides is 6. The maximum Gasteiger partial charge on any atom is 0.409 e. The number of hydrogen-bond acceptors (Lipinski definition) is 2. The maximum absolute atomic E-state index is 12.2. The van der Waals surface area contributed by atoms with Gasteiger partial charge in [-0.15, -0.1) is 0 Å². The van der Waals surface area contributed by atoms with Crippen LogP contribution in [0.5, 0.6) is 0 Å². The Kier molecular flexibility index (Phi) is 6.98. The van der Waals surface area contributed by atoms with Gasteiger partial charge < -0.3 is 10.4 Å². The smallest absolute Gasteiger partial charge is 0.409 e. The molecule has 0 aromatic carbocycles. The van der Waals surface area contributed by atoms with E-state index >= 15 is 0 Å². The molecule has 0 aromatic rings. The van der Waals surface area contributed by atoms with Gasteiger partial charge in [0.2, 0.25) is 11.8 Å². The minimum atomic E-state index is -5.71. The summed E-state index contributed by atoms with van der Waals surface area (Å²) in [6.07, 6.45) is -11.3. The number of carboxylic acid groups (broad SMARTS) is 1. The molecule has 124 valence electrons. The molecule has 0 fully saturated rings. The van der Waals surface area contributed by atoms with Gasteiger partial charge in [-0.25, -0.2) is 0 Å². The Hall–Kier alpha value is -1.48. The van der Waals surface area contributed by atoms with E-state index in [9.17, 15) is 35.9 Å². The number of amides is 1. The Morgan fingerprint density at radius 2 is 1.52 bits per heavy atom. The van der Waals surface area contributed by atoms with E-state index in [1.54, 1.807) is 12.2 Å². The van der Waals surface area contributed by atoms with E-state index in [-0.39, 0.29) is 31.7 Å². The fourth-order valence-corrected chi connectivity index (χ4v) is 1.54. The van der Waals surface area contributed by atoms with Crippen LogP contribution in [-0.4, -0.2) is 35.9 Å².